The quantitative estimate of drug-likeness (QED) is 0.797. The summed E-state index contributed by atoms with van der Waals surface area (Å²) in [5, 5.41) is 19.4. The number of carbonyl (C=O) groups is 2. The van der Waals surface area contributed by atoms with Crippen LogP contribution in [0.25, 0.3) is 0 Å². The lowest BCUT2D eigenvalue weighted by atomic mass is 9.98. The Labute approximate surface area is 133 Å². The van der Waals surface area contributed by atoms with Crippen LogP contribution in [0.4, 0.5) is 0 Å². The van der Waals surface area contributed by atoms with E-state index in [1.54, 1.807) is 42.5 Å². The van der Waals surface area contributed by atoms with Gasteiger partial charge in [0.15, 0.2) is 5.78 Å². The maximum absolute atomic E-state index is 12.4. The molecule has 0 aliphatic heterocycles. The minimum Gasteiger partial charge on any atom is -0.507 e. The number of aliphatic carboxylic acids is 1. The van der Waals surface area contributed by atoms with E-state index in [0.29, 0.717) is 29.0 Å². The SMILES string of the molecule is O=C(O)CCCc1cccc(C(=O)c2ccc(Cl)cc2)c1O. The lowest BCUT2D eigenvalue weighted by Crippen LogP contribution is -2.03. The topological polar surface area (TPSA) is 74.6 Å². The van der Waals surface area contributed by atoms with Crippen molar-refractivity contribution in [2.24, 2.45) is 0 Å². The van der Waals surface area contributed by atoms with Gasteiger partial charge in [0.2, 0.25) is 0 Å². The summed E-state index contributed by atoms with van der Waals surface area (Å²) in [5.74, 6) is -1.27. The standard InChI is InChI=1S/C17H15ClO4/c18-13-9-7-12(8-10-13)17(22)14-5-1-3-11(16(14)21)4-2-6-15(19)20/h1,3,5,7-10,21H,2,4,6H2,(H,19,20). The van der Waals surface area contributed by atoms with Gasteiger partial charge in [-0.25, -0.2) is 0 Å². The van der Waals surface area contributed by atoms with Crippen molar-refractivity contribution in [2.75, 3.05) is 0 Å². The molecule has 4 nitrogen and oxygen atoms in total. The Morgan fingerprint density at radius 1 is 1.05 bits per heavy atom. The Morgan fingerprint density at radius 2 is 1.73 bits per heavy atom. The number of ketones is 1. The van der Waals surface area contributed by atoms with Gasteiger partial charge < -0.3 is 10.2 Å². The second-order valence-corrected chi connectivity index (χ2v) is 5.33. The van der Waals surface area contributed by atoms with Crippen molar-refractivity contribution in [3.05, 3.63) is 64.2 Å². The van der Waals surface area contributed by atoms with Crippen LogP contribution in [-0.4, -0.2) is 22.0 Å². The van der Waals surface area contributed by atoms with Crippen LogP contribution in [0, 0.1) is 0 Å². The fourth-order valence-corrected chi connectivity index (χ4v) is 2.29. The van der Waals surface area contributed by atoms with Crippen LogP contribution in [-0.2, 0) is 11.2 Å². The van der Waals surface area contributed by atoms with Gasteiger partial charge in [-0.2, -0.15) is 0 Å². The molecule has 0 aromatic heterocycles. The Kier molecular flexibility index (Phi) is 5.17. The number of halogens is 1. The minimum absolute atomic E-state index is 0.0226. The molecule has 0 saturated carbocycles. The number of carboxylic acid groups (broad SMARTS) is 1. The molecular formula is C17H15ClO4. The Balaban J connectivity index is 2.22. The number of benzene rings is 2. The molecule has 2 rings (SSSR count). The first-order valence-corrected chi connectivity index (χ1v) is 7.19. The van der Waals surface area contributed by atoms with E-state index in [4.69, 9.17) is 16.7 Å². The van der Waals surface area contributed by atoms with E-state index in [9.17, 15) is 14.7 Å². The molecule has 0 aliphatic rings. The first-order valence-electron chi connectivity index (χ1n) is 6.82. The third-order valence-electron chi connectivity index (χ3n) is 3.31. The van der Waals surface area contributed by atoms with Crippen LogP contribution in [0.1, 0.15) is 34.3 Å². The highest BCUT2D eigenvalue weighted by Crippen LogP contribution is 2.26. The van der Waals surface area contributed by atoms with E-state index in [1.165, 1.54) is 0 Å². The van der Waals surface area contributed by atoms with Crippen molar-refractivity contribution >= 4 is 23.4 Å². The number of hydrogen-bond acceptors (Lipinski definition) is 3. The second kappa shape index (κ2) is 7.09. The van der Waals surface area contributed by atoms with E-state index in [2.05, 4.69) is 0 Å². The number of carboxylic acids is 1. The average molecular weight is 319 g/mol. The molecule has 0 saturated heterocycles. The molecule has 0 spiro atoms. The number of carbonyl (C=O) groups excluding carboxylic acids is 1. The van der Waals surface area contributed by atoms with Gasteiger partial charge in [0.05, 0.1) is 5.56 Å². The van der Waals surface area contributed by atoms with Crippen molar-refractivity contribution in [2.45, 2.75) is 19.3 Å². The highest BCUT2D eigenvalue weighted by Gasteiger charge is 2.16. The molecule has 114 valence electrons. The monoisotopic (exact) mass is 318 g/mol. The van der Waals surface area contributed by atoms with E-state index < -0.39 is 5.97 Å². The Bertz CT molecular complexity index is 692. The zero-order valence-electron chi connectivity index (χ0n) is 11.8. The van der Waals surface area contributed by atoms with E-state index in [-0.39, 0.29) is 23.5 Å². The number of para-hydroxylation sites is 1. The summed E-state index contributed by atoms with van der Waals surface area (Å²) in [6.07, 6.45) is 0.830. The zero-order valence-corrected chi connectivity index (χ0v) is 12.5. The minimum atomic E-state index is -0.882. The highest BCUT2D eigenvalue weighted by atomic mass is 35.5. The maximum atomic E-state index is 12.4. The maximum Gasteiger partial charge on any atom is 0.303 e. The van der Waals surface area contributed by atoms with Crippen molar-refractivity contribution in [1.29, 1.82) is 0 Å². The fourth-order valence-electron chi connectivity index (χ4n) is 2.16. The van der Waals surface area contributed by atoms with Crippen LogP contribution in [0.5, 0.6) is 5.75 Å². The largest absolute Gasteiger partial charge is 0.507 e. The third-order valence-corrected chi connectivity index (χ3v) is 3.56. The highest BCUT2D eigenvalue weighted by molar-refractivity contribution is 6.30. The number of phenolic OH excluding ortho intramolecular Hbond substituents is 1. The van der Waals surface area contributed by atoms with Crippen molar-refractivity contribution in [3.8, 4) is 5.75 Å². The summed E-state index contributed by atoms with van der Waals surface area (Å²) in [7, 11) is 0. The van der Waals surface area contributed by atoms with Crippen LogP contribution >= 0.6 is 11.6 Å². The molecule has 0 atom stereocenters. The number of phenols is 1. The van der Waals surface area contributed by atoms with Gasteiger partial charge >= 0.3 is 5.97 Å². The van der Waals surface area contributed by atoms with Gasteiger partial charge in [-0.15, -0.1) is 0 Å². The third kappa shape index (κ3) is 3.86. The molecule has 0 amide bonds. The molecule has 0 fully saturated rings. The number of hydrogen-bond donors (Lipinski definition) is 2. The Morgan fingerprint density at radius 3 is 2.36 bits per heavy atom. The number of aryl methyl sites for hydroxylation is 1. The lowest BCUT2D eigenvalue weighted by molar-refractivity contribution is -0.137. The van der Waals surface area contributed by atoms with Gasteiger partial charge in [-0.1, -0.05) is 23.7 Å². The van der Waals surface area contributed by atoms with Gasteiger partial charge in [-0.05, 0) is 48.7 Å². The van der Waals surface area contributed by atoms with Crippen molar-refractivity contribution < 1.29 is 19.8 Å². The van der Waals surface area contributed by atoms with Crippen LogP contribution in [0.15, 0.2) is 42.5 Å². The second-order valence-electron chi connectivity index (χ2n) is 4.90. The lowest BCUT2D eigenvalue weighted by Gasteiger charge is -2.09. The summed E-state index contributed by atoms with van der Waals surface area (Å²) in [5.41, 5.74) is 1.21. The summed E-state index contributed by atoms with van der Waals surface area (Å²) >= 11 is 5.79. The molecule has 0 heterocycles. The molecule has 5 heteroatoms. The molecule has 2 N–H and O–H groups in total. The first-order chi connectivity index (χ1) is 10.5. The zero-order chi connectivity index (χ0) is 16.1. The fraction of sp³-hybridized carbons (Fsp3) is 0.176. The number of aromatic hydroxyl groups is 1. The summed E-state index contributed by atoms with van der Waals surface area (Å²) in [6.45, 7) is 0. The van der Waals surface area contributed by atoms with Crippen LogP contribution in [0.2, 0.25) is 5.02 Å². The number of rotatable bonds is 6. The van der Waals surface area contributed by atoms with Crippen molar-refractivity contribution in [1.82, 2.24) is 0 Å². The molecule has 2 aromatic rings. The molecule has 0 unspecified atom stereocenters. The summed E-state index contributed by atoms with van der Waals surface area (Å²) < 4.78 is 0. The molecular weight excluding hydrogens is 304 g/mol. The van der Waals surface area contributed by atoms with Crippen molar-refractivity contribution in [3.63, 3.8) is 0 Å². The predicted molar refractivity (Wildman–Crippen MR) is 83.6 cm³/mol. The van der Waals surface area contributed by atoms with Gasteiger partial charge in [0, 0.05) is 17.0 Å². The van der Waals surface area contributed by atoms with Gasteiger partial charge in [0.1, 0.15) is 5.75 Å². The smallest absolute Gasteiger partial charge is 0.303 e. The first kappa shape index (κ1) is 16.0. The van der Waals surface area contributed by atoms with E-state index in [1.807, 2.05) is 0 Å². The molecule has 0 aliphatic carbocycles. The van der Waals surface area contributed by atoms with Crippen LogP contribution in [0.3, 0.4) is 0 Å². The van der Waals surface area contributed by atoms with Gasteiger partial charge in [-0.3, -0.25) is 9.59 Å². The normalized spacial score (nSPS) is 10.4. The summed E-state index contributed by atoms with van der Waals surface area (Å²) in [4.78, 5) is 23.0. The molecule has 0 radical (unpaired) electrons. The van der Waals surface area contributed by atoms with E-state index in [0.717, 1.165) is 0 Å². The average Bonchev–Trinajstić information content (AvgIpc) is 2.49. The molecule has 2 aromatic carbocycles. The van der Waals surface area contributed by atoms with E-state index >= 15 is 0 Å². The van der Waals surface area contributed by atoms with Crippen LogP contribution < -0.4 is 0 Å². The molecule has 22 heavy (non-hydrogen) atoms. The Hall–Kier alpha value is -2.33. The van der Waals surface area contributed by atoms with Gasteiger partial charge in [0.25, 0.3) is 0 Å². The summed E-state index contributed by atoms with van der Waals surface area (Å²) in [6, 6.07) is 11.3. The predicted octanol–water partition coefficient (Wildman–Crippen LogP) is 3.68. The molecule has 0 bridgehead atoms.